The van der Waals surface area contributed by atoms with E-state index in [0.717, 1.165) is 24.8 Å². The molecule has 2 aromatic rings. The molecule has 1 aromatic heterocycles. The number of nitrogens with one attached hydrogen (secondary N) is 1. The maximum atomic E-state index is 13.0. The van der Waals surface area contributed by atoms with Crippen LogP contribution in [0.1, 0.15) is 34.7 Å². The number of alkyl halides is 3. The molecule has 0 atom stereocenters. The smallest absolute Gasteiger partial charge is 0.378 e. The quantitative estimate of drug-likeness (QED) is 0.774. The second-order valence-electron chi connectivity index (χ2n) is 8.04. The number of carbonyl (C=O) groups is 1. The van der Waals surface area contributed by atoms with Gasteiger partial charge in [0, 0.05) is 49.5 Å². The van der Waals surface area contributed by atoms with Gasteiger partial charge in [-0.1, -0.05) is 0 Å². The molecule has 172 valence electrons. The zero-order valence-electron chi connectivity index (χ0n) is 17.9. The number of aryl methyl sites for hydroxylation is 1. The molecule has 10 heteroatoms. The Morgan fingerprint density at radius 2 is 1.69 bits per heavy atom. The van der Waals surface area contributed by atoms with E-state index < -0.39 is 11.9 Å². The standard InChI is InChI=1S/C22H26F3N5O2/c1-15-26-19(22(23,24)25)14-20(27-15)30-8-6-17(7-9-30)28-21(31)16-2-4-18(5-3-16)29-10-12-32-13-11-29/h2-5,14,17H,6-13H2,1H3,(H,28,31). The van der Waals surface area contributed by atoms with Gasteiger partial charge in [-0.25, -0.2) is 9.97 Å². The molecule has 7 nitrogen and oxygen atoms in total. The average molecular weight is 449 g/mol. The Balaban J connectivity index is 1.32. The summed E-state index contributed by atoms with van der Waals surface area (Å²) in [6.07, 6.45) is -3.25. The molecule has 0 radical (unpaired) electrons. The van der Waals surface area contributed by atoms with Crippen molar-refractivity contribution in [1.29, 1.82) is 0 Å². The summed E-state index contributed by atoms with van der Waals surface area (Å²) < 4.78 is 44.5. The number of carbonyl (C=O) groups excluding carboxylic acids is 1. The number of amides is 1. The SMILES string of the molecule is Cc1nc(N2CCC(NC(=O)c3ccc(N4CCOCC4)cc3)CC2)cc(C(F)(F)F)n1. The number of anilines is 2. The van der Waals surface area contributed by atoms with Crippen LogP contribution in [0.3, 0.4) is 0 Å². The van der Waals surface area contributed by atoms with Gasteiger partial charge < -0.3 is 19.9 Å². The fourth-order valence-corrected chi connectivity index (χ4v) is 4.03. The van der Waals surface area contributed by atoms with Crippen LogP contribution in [0.4, 0.5) is 24.7 Å². The molecule has 2 aliphatic heterocycles. The van der Waals surface area contributed by atoms with Gasteiger partial charge in [-0.05, 0) is 44.0 Å². The fourth-order valence-electron chi connectivity index (χ4n) is 4.03. The molecule has 3 heterocycles. The Kier molecular flexibility index (Phi) is 6.50. The molecule has 1 N–H and O–H groups in total. The second-order valence-corrected chi connectivity index (χ2v) is 8.04. The number of rotatable bonds is 4. The van der Waals surface area contributed by atoms with Crippen molar-refractivity contribution in [2.24, 2.45) is 0 Å². The zero-order chi connectivity index (χ0) is 22.7. The van der Waals surface area contributed by atoms with Crippen LogP contribution >= 0.6 is 0 Å². The average Bonchev–Trinajstić information content (AvgIpc) is 2.79. The monoisotopic (exact) mass is 449 g/mol. The molecule has 2 saturated heterocycles. The first-order chi connectivity index (χ1) is 15.3. The lowest BCUT2D eigenvalue weighted by Crippen LogP contribution is -2.45. The molecule has 1 amide bonds. The predicted octanol–water partition coefficient (Wildman–Crippen LogP) is 3.04. The molecule has 0 saturated carbocycles. The summed E-state index contributed by atoms with van der Waals surface area (Å²) in [7, 11) is 0. The lowest BCUT2D eigenvalue weighted by molar-refractivity contribution is -0.141. The van der Waals surface area contributed by atoms with E-state index in [1.165, 1.54) is 6.92 Å². The van der Waals surface area contributed by atoms with E-state index in [0.29, 0.717) is 44.7 Å². The van der Waals surface area contributed by atoms with Crippen molar-refractivity contribution in [3.63, 3.8) is 0 Å². The van der Waals surface area contributed by atoms with E-state index in [2.05, 4.69) is 20.2 Å². The van der Waals surface area contributed by atoms with Crippen LogP contribution in [0.2, 0.25) is 0 Å². The number of aromatic nitrogens is 2. The summed E-state index contributed by atoms with van der Waals surface area (Å²) in [6.45, 7) is 5.54. The molecule has 2 aliphatic rings. The highest BCUT2D eigenvalue weighted by atomic mass is 19.4. The third-order valence-corrected chi connectivity index (χ3v) is 5.77. The van der Waals surface area contributed by atoms with Gasteiger partial charge in [-0.3, -0.25) is 4.79 Å². The van der Waals surface area contributed by atoms with E-state index in [4.69, 9.17) is 4.74 Å². The van der Waals surface area contributed by atoms with Crippen LogP contribution in [0.25, 0.3) is 0 Å². The molecule has 1 aromatic carbocycles. The lowest BCUT2D eigenvalue weighted by atomic mass is 10.0. The first kappa shape index (κ1) is 22.3. The van der Waals surface area contributed by atoms with E-state index in [-0.39, 0.29) is 23.6 Å². The molecular weight excluding hydrogens is 423 g/mol. The maximum Gasteiger partial charge on any atom is 0.433 e. The van der Waals surface area contributed by atoms with Crippen LogP contribution in [-0.4, -0.2) is 61.3 Å². The van der Waals surface area contributed by atoms with Crippen LogP contribution in [0.5, 0.6) is 0 Å². The highest BCUT2D eigenvalue weighted by Crippen LogP contribution is 2.30. The first-order valence-corrected chi connectivity index (χ1v) is 10.7. The minimum atomic E-state index is -4.51. The number of benzene rings is 1. The summed E-state index contributed by atoms with van der Waals surface area (Å²) in [5.74, 6) is 0.216. The highest BCUT2D eigenvalue weighted by molar-refractivity contribution is 5.94. The van der Waals surface area contributed by atoms with Gasteiger partial charge >= 0.3 is 6.18 Å². The minimum absolute atomic E-state index is 0.0392. The van der Waals surface area contributed by atoms with Gasteiger partial charge in [-0.2, -0.15) is 13.2 Å². The van der Waals surface area contributed by atoms with Crippen molar-refractivity contribution in [2.75, 3.05) is 49.2 Å². The van der Waals surface area contributed by atoms with Crippen molar-refractivity contribution >= 4 is 17.4 Å². The number of ether oxygens (including phenoxy) is 1. The molecule has 0 unspecified atom stereocenters. The fraction of sp³-hybridized carbons (Fsp3) is 0.500. The molecule has 0 aliphatic carbocycles. The Hall–Kier alpha value is -2.88. The van der Waals surface area contributed by atoms with Crippen molar-refractivity contribution in [3.8, 4) is 0 Å². The molecule has 2 fully saturated rings. The Morgan fingerprint density at radius 1 is 1.03 bits per heavy atom. The zero-order valence-corrected chi connectivity index (χ0v) is 17.9. The number of hydrogen-bond acceptors (Lipinski definition) is 6. The number of nitrogens with zero attached hydrogens (tertiary/aromatic N) is 4. The maximum absolute atomic E-state index is 13.0. The largest absolute Gasteiger partial charge is 0.433 e. The second kappa shape index (κ2) is 9.32. The summed E-state index contributed by atoms with van der Waals surface area (Å²) in [4.78, 5) is 24.3. The van der Waals surface area contributed by atoms with Gasteiger partial charge in [0.1, 0.15) is 17.3 Å². The molecule has 32 heavy (non-hydrogen) atoms. The van der Waals surface area contributed by atoms with Crippen molar-refractivity contribution in [2.45, 2.75) is 32.0 Å². The lowest BCUT2D eigenvalue weighted by Gasteiger charge is -2.33. The Labute approximate surface area is 184 Å². The molecule has 4 rings (SSSR count). The minimum Gasteiger partial charge on any atom is -0.378 e. The van der Waals surface area contributed by atoms with Gasteiger partial charge in [-0.15, -0.1) is 0 Å². The third-order valence-electron chi connectivity index (χ3n) is 5.77. The Bertz CT molecular complexity index is 938. The molecule has 0 bridgehead atoms. The van der Waals surface area contributed by atoms with Crippen LogP contribution < -0.4 is 15.1 Å². The topological polar surface area (TPSA) is 70.6 Å². The van der Waals surface area contributed by atoms with Gasteiger partial charge in [0.05, 0.1) is 13.2 Å². The summed E-state index contributed by atoms with van der Waals surface area (Å²) in [6, 6.07) is 8.47. The number of morpholine rings is 1. The number of halogens is 3. The van der Waals surface area contributed by atoms with E-state index in [9.17, 15) is 18.0 Å². The number of piperidine rings is 1. The summed E-state index contributed by atoms with van der Waals surface area (Å²) in [5, 5.41) is 3.04. The van der Waals surface area contributed by atoms with Crippen molar-refractivity contribution < 1.29 is 22.7 Å². The molecule has 0 spiro atoms. The van der Waals surface area contributed by atoms with E-state index >= 15 is 0 Å². The van der Waals surface area contributed by atoms with Crippen molar-refractivity contribution in [3.05, 3.63) is 47.4 Å². The first-order valence-electron chi connectivity index (χ1n) is 10.7. The predicted molar refractivity (Wildman–Crippen MR) is 114 cm³/mol. The van der Waals surface area contributed by atoms with Crippen LogP contribution in [0, 0.1) is 6.92 Å². The number of hydrogen-bond donors (Lipinski definition) is 1. The van der Waals surface area contributed by atoms with Crippen molar-refractivity contribution in [1.82, 2.24) is 15.3 Å². The van der Waals surface area contributed by atoms with Crippen LogP contribution in [-0.2, 0) is 10.9 Å². The summed E-state index contributed by atoms with van der Waals surface area (Å²) in [5.41, 5.74) is 0.721. The van der Waals surface area contributed by atoms with E-state index in [1.54, 1.807) is 0 Å². The third kappa shape index (κ3) is 5.29. The Morgan fingerprint density at radius 3 is 2.31 bits per heavy atom. The highest BCUT2D eigenvalue weighted by Gasteiger charge is 2.34. The normalized spacial score (nSPS) is 18.0. The van der Waals surface area contributed by atoms with Gasteiger partial charge in [0.2, 0.25) is 0 Å². The van der Waals surface area contributed by atoms with Crippen LogP contribution in [0.15, 0.2) is 30.3 Å². The van der Waals surface area contributed by atoms with Gasteiger partial charge in [0.25, 0.3) is 5.91 Å². The van der Waals surface area contributed by atoms with E-state index in [1.807, 2.05) is 29.2 Å². The molecular formula is C22H26F3N5O2. The summed E-state index contributed by atoms with van der Waals surface area (Å²) >= 11 is 0. The van der Waals surface area contributed by atoms with Gasteiger partial charge in [0.15, 0.2) is 0 Å².